The van der Waals surface area contributed by atoms with E-state index in [2.05, 4.69) is 4.98 Å². The first-order valence-electron chi connectivity index (χ1n) is 6.01. The first-order valence-corrected chi connectivity index (χ1v) is 6.83. The van der Waals surface area contributed by atoms with Gasteiger partial charge in [-0.1, -0.05) is 6.07 Å². The lowest BCUT2D eigenvalue weighted by Gasteiger charge is -2.15. The molecule has 0 saturated heterocycles. The smallest absolute Gasteiger partial charge is 0.264 e. The van der Waals surface area contributed by atoms with Crippen molar-refractivity contribution in [1.82, 2.24) is 9.88 Å². The van der Waals surface area contributed by atoms with Gasteiger partial charge in [0, 0.05) is 23.3 Å². The van der Waals surface area contributed by atoms with Gasteiger partial charge in [-0.2, -0.15) is 0 Å². The molecule has 19 heavy (non-hydrogen) atoms. The Hall–Kier alpha value is -1.88. The molecule has 0 aliphatic heterocycles. The number of carbonyl (C=O) groups is 1. The van der Waals surface area contributed by atoms with E-state index in [1.54, 1.807) is 18.0 Å². The van der Waals surface area contributed by atoms with Gasteiger partial charge in [0.05, 0.1) is 17.1 Å². The van der Waals surface area contributed by atoms with Gasteiger partial charge in [0.15, 0.2) is 0 Å². The second-order valence-corrected chi connectivity index (χ2v) is 5.81. The van der Waals surface area contributed by atoms with Crippen molar-refractivity contribution in [3.8, 4) is 0 Å². The highest BCUT2D eigenvalue weighted by Crippen LogP contribution is 2.24. The van der Waals surface area contributed by atoms with Gasteiger partial charge >= 0.3 is 0 Å². The lowest BCUT2D eigenvalue weighted by atomic mass is 10.3. The molecule has 5 heteroatoms. The average molecular weight is 275 g/mol. The SMILES string of the molecule is Cc1cccc(CN(C)C(=O)c2cc(N)c(C)s2)n1. The molecule has 2 aromatic heterocycles. The number of anilines is 1. The number of rotatable bonds is 3. The van der Waals surface area contributed by atoms with E-state index in [4.69, 9.17) is 5.73 Å². The number of carbonyl (C=O) groups excluding carboxylic acids is 1. The fourth-order valence-corrected chi connectivity index (χ4v) is 2.73. The van der Waals surface area contributed by atoms with Crippen molar-refractivity contribution in [1.29, 1.82) is 0 Å². The molecule has 0 atom stereocenters. The van der Waals surface area contributed by atoms with E-state index in [1.807, 2.05) is 32.0 Å². The quantitative estimate of drug-likeness (QED) is 0.936. The molecule has 2 aromatic rings. The Kier molecular flexibility index (Phi) is 3.85. The number of hydrogen-bond acceptors (Lipinski definition) is 4. The standard InChI is InChI=1S/C14H17N3OS/c1-9-5-4-6-11(16-9)8-17(3)14(18)13-7-12(15)10(2)19-13/h4-7H,8,15H2,1-3H3. The van der Waals surface area contributed by atoms with Crippen molar-refractivity contribution in [3.63, 3.8) is 0 Å². The maximum atomic E-state index is 12.3. The Morgan fingerprint density at radius 1 is 1.42 bits per heavy atom. The van der Waals surface area contributed by atoms with Crippen molar-refractivity contribution in [3.05, 3.63) is 45.4 Å². The van der Waals surface area contributed by atoms with Crippen LogP contribution in [0.25, 0.3) is 0 Å². The van der Waals surface area contributed by atoms with E-state index in [9.17, 15) is 4.79 Å². The third-order valence-corrected chi connectivity index (χ3v) is 3.91. The molecule has 0 bridgehead atoms. The van der Waals surface area contributed by atoms with Gasteiger partial charge in [-0.15, -0.1) is 11.3 Å². The van der Waals surface area contributed by atoms with Gasteiger partial charge in [0.1, 0.15) is 0 Å². The Bertz CT molecular complexity index is 587. The summed E-state index contributed by atoms with van der Waals surface area (Å²) >= 11 is 1.43. The minimum atomic E-state index is -0.0203. The summed E-state index contributed by atoms with van der Waals surface area (Å²) in [6, 6.07) is 7.55. The average Bonchev–Trinajstić information content (AvgIpc) is 2.68. The van der Waals surface area contributed by atoms with E-state index < -0.39 is 0 Å². The van der Waals surface area contributed by atoms with Crippen LogP contribution in [-0.4, -0.2) is 22.8 Å². The summed E-state index contributed by atoms with van der Waals surface area (Å²) < 4.78 is 0. The highest BCUT2D eigenvalue weighted by atomic mass is 32.1. The Balaban J connectivity index is 2.11. The second-order valence-electron chi connectivity index (χ2n) is 4.55. The number of aromatic nitrogens is 1. The molecular weight excluding hydrogens is 258 g/mol. The number of nitrogens with zero attached hydrogens (tertiary/aromatic N) is 2. The minimum Gasteiger partial charge on any atom is -0.398 e. The van der Waals surface area contributed by atoms with Gasteiger partial charge in [0.2, 0.25) is 0 Å². The zero-order valence-corrected chi connectivity index (χ0v) is 12.1. The van der Waals surface area contributed by atoms with Gasteiger partial charge < -0.3 is 10.6 Å². The lowest BCUT2D eigenvalue weighted by molar-refractivity contribution is 0.0788. The molecule has 100 valence electrons. The van der Waals surface area contributed by atoms with Crippen molar-refractivity contribution in [2.45, 2.75) is 20.4 Å². The van der Waals surface area contributed by atoms with Gasteiger partial charge in [0.25, 0.3) is 5.91 Å². The number of nitrogen functional groups attached to an aromatic ring is 1. The highest BCUT2D eigenvalue weighted by Gasteiger charge is 2.16. The van der Waals surface area contributed by atoms with Crippen LogP contribution < -0.4 is 5.73 Å². The third kappa shape index (κ3) is 3.12. The molecule has 0 aliphatic carbocycles. The zero-order valence-electron chi connectivity index (χ0n) is 11.3. The van der Waals surface area contributed by atoms with Crippen LogP contribution in [-0.2, 0) is 6.54 Å². The van der Waals surface area contributed by atoms with E-state index in [0.717, 1.165) is 16.3 Å². The van der Waals surface area contributed by atoms with Crippen LogP contribution in [0.5, 0.6) is 0 Å². The molecule has 4 nitrogen and oxygen atoms in total. The third-order valence-electron chi connectivity index (χ3n) is 2.86. The van der Waals surface area contributed by atoms with E-state index >= 15 is 0 Å². The largest absolute Gasteiger partial charge is 0.398 e. The van der Waals surface area contributed by atoms with Crippen LogP contribution in [0.15, 0.2) is 24.3 Å². The summed E-state index contributed by atoms with van der Waals surface area (Å²) in [6.45, 7) is 4.35. The molecule has 0 saturated carbocycles. The van der Waals surface area contributed by atoms with Crippen LogP contribution in [0.3, 0.4) is 0 Å². The maximum absolute atomic E-state index is 12.3. The van der Waals surface area contributed by atoms with Crippen molar-refractivity contribution in [2.24, 2.45) is 0 Å². The molecule has 2 heterocycles. The predicted molar refractivity (Wildman–Crippen MR) is 78.2 cm³/mol. The summed E-state index contributed by atoms with van der Waals surface area (Å²) in [5, 5.41) is 0. The summed E-state index contributed by atoms with van der Waals surface area (Å²) in [4.78, 5) is 20.0. The Morgan fingerprint density at radius 3 is 2.74 bits per heavy atom. The highest BCUT2D eigenvalue weighted by molar-refractivity contribution is 7.14. The van der Waals surface area contributed by atoms with E-state index in [0.29, 0.717) is 17.1 Å². The number of hydrogen-bond donors (Lipinski definition) is 1. The molecule has 0 spiro atoms. The van der Waals surface area contributed by atoms with Gasteiger partial charge in [-0.05, 0) is 32.0 Å². The van der Waals surface area contributed by atoms with E-state index in [-0.39, 0.29) is 5.91 Å². The molecular formula is C14H17N3OS. The first kappa shape index (κ1) is 13.5. The number of nitrogens with two attached hydrogens (primary N) is 1. The summed E-state index contributed by atoms with van der Waals surface area (Å²) in [7, 11) is 1.78. The number of thiophene rings is 1. The summed E-state index contributed by atoms with van der Waals surface area (Å²) in [5.41, 5.74) is 8.29. The summed E-state index contributed by atoms with van der Waals surface area (Å²) in [5.74, 6) is -0.0203. The molecule has 0 aliphatic rings. The number of aryl methyl sites for hydroxylation is 2. The van der Waals surface area contributed by atoms with Crippen LogP contribution in [0.1, 0.15) is 25.9 Å². The van der Waals surface area contributed by atoms with E-state index in [1.165, 1.54) is 11.3 Å². The van der Waals surface area contributed by atoms with Crippen molar-refractivity contribution >= 4 is 22.9 Å². The molecule has 2 N–H and O–H groups in total. The second kappa shape index (κ2) is 5.40. The van der Waals surface area contributed by atoms with Crippen LogP contribution >= 0.6 is 11.3 Å². The number of amides is 1. The minimum absolute atomic E-state index is 0.0203. The first-order chi connectivity index (χ1) is 8.97. The molecule has 0 fully saturated rings. The van der Waals surface area contributed by atoms with Crippen LogP contribution in [0, 0.1) is 13.8 Å². The molecule has 0 aromatic carbocycles. The van der Waals surface area contributed by atoms with Gasteiger partial charge in [-0.3, -0.25) is 9.78 Å². The predicted octanol–water partition coefficient (Wildman–Crippen LogP) is 2.61. The fourth-order valence-electron chi connectivity index (χ4n) is 1.79. The lowest BCUT2D eigenvalue weighted by Crippen LogP contribution is -2.25. The normalized spacial score (nSPS) is 10.5. The topological polar surface area (TPSA) is 59.2 Å². The van der Waals surface area contributed by atoms with Crippen LogP contribution in [0.2, 0.25) is 0 Å². The number of pyridine rings is 1. The van der Waals surface area contributed by atoms with Crippen molar-refractivity contribution < 1.29 is 4.79 Å². The molecule has 1 amide bonds. The zero-order chi connectivity index (χ0) is 14.0. The van der Waals surface area contributed by atoms with Crippen molar-refractivity contribution in [2.75, 3.05) is 12.8 Å². The maximum Gasteiger partial charge on any atom is 0.264 e. The fraction of sp³-hybridized carbons (Fsp3) is 0.286. The molecule has 0 radical (unpaired) electrons. The van der Waals surface area contributed by atoms with Crippen LogP contribution in [0.4, 0.5) is 5.69 Å². The molecule has 0 unspecified atom stereocenters. The monoisotopic (exact) mass is 275 g/mol. The summed E-state index contributed by atoms with van der Waals surface area (Å²) in [6.07, 6.45) is 0. The van der Waals surface area contributed by atoms with Gasteiger partial charge in [-0.25, -0.2) is 0 Å². The Labute approximate surface area is 116 Å². The molecule has 2 rings (SSSR count). The Morgan fingerprint density at radius 2 is 2.16 bits per heavy atom.